The molecule has 4 rings (SSSR count). The van der Waals surface area contributed by atoms with Gasteiger partial charge in [0.2, 0.25) is 0 Å². The summed E-state index contributed by atoms with van der Waals surface area (Å²) in [6, 6.07) is 13.0. The molecule has 2 aromatic carbocycles. The zero-order valence-electron chi connectivity index (χ0n) is 22.8. The Morgan fingerprint density at radius 3 is 2.50 bits per heavy atom. The Balaban J connectivity index is 1.60. The number of aromatic nitrogens is 1. The number of H-pyrrole nitrogens is 1. The lowest BCUT2D eigenvalue weighted by Gasteiger charge is -2.35. The fourth-order valence-corrected chi connectivity index (χ4v) is 5.07. The highest BCUT2D eigenvalue weighted by Gasteiger charge is 2.29. The maximum atomic E-state index is 14.0. The summed E-state index contributed by atoms with van der Waals surface area (Å²) in [4.78, 5) is 33.4. The molecule has 6 nitrogen and oxygen atoms in total. The molecule has 0 spiro atoms. The van der Waals surface area contributed by atoms with Crippen LogP contribution in [0, 0.1) is 12.7 Å². The third-order valence-electron chi connectivity index (χ3n) is 7.54. The van der Waals surface area contributed by atoms with Gasteiger partial charge in [-0.05, 0) is 54.0 Å². The number of aryl methyl sites for hydroxylation is 1. The van der Waals surface area contributed by atoms with E-state index in [0.717, 1.165) is 29.5 Å². The van der Waals surface area contributed by atoms with Crippen LogP contribution >= 0.6 is 0 Å². The topological polar surface area (TPSA) is 76.6 Å². The van der Waals surface area contributed by atoms with E-state index < -0.39 is 11.5 Å². The number of hydrogen-bond donors (Lipinski definition) is 2. The van der Waals surface area contributed by atoms with Gasteiger partial charge in [0, 0.05) is 44.0 Å². The first kappa shape index (κ1) is 27.6. The van der Waals surface area contributed by atoms with E-state index in [1.165, 1.54) is 6.07 Å². The van der Waals surface area contributed by atoms with E-state index in [0.29, 0.717) is 61.9 Å². The molecule has 38 heavy (non-hydrogen) atoms. The molecule has 3 aromatic rings. The lowest BCUT2D eigenvalue weighted by atomic mass is 9.93. The minimum Gasteiger partial charge on any atom is -0.506 e. The van der Waals surface area contributed by atoms with Gasteiger partial charge in [-0.1, -0.05) is 63.6 Å². The highest BCUT2D eigenvalue weighted by atomic mass is 19.1. The van der Waals surface area contributed by atoms with Crippen molar-refractivity contribution in [3.8, 4) is 16.9 Å². The SMILES string of the molecule is CCCCc1[nH]c(=O)c(C(=O)N2CCN(Cc3cccc(F)c3C)CC2)c(O)c1-c1cccc(C(C)C)c1. The van der Waals surface area contributed by atoms with Gasteiger partial charge in [-0.25, -0.2) is 4.39 Å². The average Bonchev–Trinajstić information content (AvgIpc) is 2.90. The Labute approximate surface area is 224 Å². The first-order valence-electron chi connectivity index (χ1n) is 13.5. The van der Waals surface area contributed by atoms with E-state index in [1.807, 2.05) is 30.3 Å². The largest absolute Gasteiger partial charge is 0.506 e. The molecule has 2 N–H and O–H groups in total. The number of carbonyl (C=O) groups excluding carboxylic acids is 1. The number of rotatable bonds is 8. The minimum atomic E-state index is -0.555. The van der Waals surface area contributed by atoms with Gasteiger partial charge in [-0.15, -0.1) is 0 Å². The van der Waals surface area contributed by atoms with E-state index in [1.54, 1.807) is 17.9 Å². The predicted octanol–water partition coefficient (Wildman–Crippen LogP) is 5.62. The average molecular weight is 520 g/mol. The highest BCUT2D eigenvalue weighted by molar-refractivity contribution is 5.99. The second-order valence-corrected chi connectivity index (χ2v) is 10.5. The predicted molar refractivity (Wildman–Crippen MR) is 149 cm³/mol. The van der Waals surface area contributed by atoms with Crippen molar-refractivity contribution in [2.24, 2.45) is 0 Å². The van der Waals surface area contributed by atoms with E-state index in [9.17, 15) is 19.1 Å². The van der Waals surface area contributed by atoms with Crippen molar-refractivity contribution in [2.75, 3.05) is 26.2 Å². The Morgan fingerprint density at radius 1 is 1.11 bits per heavy atom. The minimum absolute atomic E-state index is 0.204. The molecule has 1 aliphatic rings. The quantitative estimate of drug-likeness (QED) is 0.405. The van der Waals surface area contributed by atoms with E-state index in [2.05, 4.69) is 30.7 Å². The Morgan fingerprint density at radius 2 is 1.82 bits per heavy atom. The molecule has 202 valence electrons. The molecular formula is C31H38FN3O3. The van der Waals surface area contributed by atoms with Gasteiger partial charge < -0.3 is 15.0 Å². The zero-order valence-corrected chi connectivity index (χ0v) is 22.8. The molecule has 1 amide bonds. The molecule has 0 atom stereocenters. The van der Waals surface area contributed by atoms with Crippen LogP contribution in [0.5, 0.6) is 5.75 Å². The summed E-state index contributed by atoms with van der Waals surface area (Å²) < 4.78 is 14.0. The second-order valence-electron chi connectivity index (χ2n) is 10.5. The molecule has 2 heterocycles. The molecule has 0 aliphatic carbocycles. The normalized spacial score (nSPS) is 14.3. The number of unbranched alkanes of at least 4 members (excludes halogenated alkanes) is 1. The summed E-state index contributed by atoms with van der Waals surface area (Å²) >= 11 is 0. The van der Waals surface area contributed by atoms with Gasteiger partial charge in [0.05, 0.1) is 0 Å². The van der Waals surface area contributed by atoms with Crippen molar-refractivity contribution in [1.82, 2.24) is 14.8 Å². The molecule has 1 aromatic heterocycles. The molecule has 1 saturated heterocycles. The number of nitrogens with zero attached hydrogens (tertiary/aromatic N) is 2. The smallest absolute Gasteiger partial charge is 0.264 e. The number of aromatic amines is 1. The van der Waals surface area contributed by atoms with Gasteiger partial charge in [0.15, 0.2) is 0 Å². The van der Waals surface area contributed by atoms with Gasteiger partial charge in [-0.2, -0.15) is 0 Å². The van der Waals surface area contributed by atoms with Crippen molar-refractivity contribution in [3.63, 3.8) is 0 Å². The third-order valence-corrected chi connectivity index (χ3v) is 7.54. The number of carbonyl (C=O) groups is 1. The second kappa shape index (κ2) is 11.9. The van der Waals surface area contributed by atoms with Crippen molar-refractivity contribution in [1.29, 1.82) is 0 Å². The Kier molecular flexibility index (Phi) is 8.67. The van der Waals surface area contributed by atoms with Gasteiger partial charge in [0.1, 0.15) is 17.1 Å². The van der Waals surface area contributed by atoms with Crippen LogP contribution in [-0.2, 0) is 13.0 Å². The first-order valence-corrected chi connectivity index (χ1v) is 13.5. The number of hydrogen-bond acceptors (Lipinski definition) is 4. The maximum absolute atomic E-state index is 14.0. The van der Waals surface area contributed by atoms with E-state index in [4.69, 9.17) is 0 Å². The molecule has 0 radical (unpaired) electrons. The van der Waals surface area contributed by atoms with E-state index in [-0.39, 0.29) is 17.1 Å². The van der Waals surface area contributed by atoms with Crippen LogP contribution < -0.4 is 5.56 Å². The Bertz CT molecular complexity index is 1360. The molecule has 0 saturated carbocycles. The fourth-order valence-electron chi connectivity index (χ4n) is 5.07. The first-order chi connectivity index (χ1) is 18.2. The summed E-state index contributed by atoms with van der Waals surface area (Å²) in [5.74, 6) is -0.632. The monoisotopic (exact) mass is 519 g/mol. The summed E-state index contributed by atoms with van der Waals surface area (Å²) in [5, 5.41) is 11.4. The Hall–Kier alpha value is -3.45. The zero-order chi connectivity index (χ0) is 27.4. The number of benzene rings is 2. The number of aromatic hydroxyl groups is 1. The molecule has 0 unspecified atom stereocenters. The maximum Gasteiger partial charge on any atom is 0.264 e. The van der Waals surface area contributed by atoms with Crippen molar-refractivity contribution >= 4 is 5.91 Å². The molecule has 1 aliphatic heterocycles. The third kappa shape index (κ3) is 5.83. The summed E-state index contributed by atoms with van der Waals surface area (Å²) in [7, 11) is 0. The molecular weight excluding hydrogens is 481 g/mol. The molecule has 1 fully saturated rings. The van der Waals surface area contributed by atoms with E-state index >= 15 is 0 Å². The number of halogens is 1. The van der Waals surface area contributed by atoms with Crippen molar-refractivity contribution in [3.05, 3.63) is 86.6 Å². The fraction of sp³-hybridized carbons (Fsp3) is 0.419. The summed E-state index contributed by atoms with van der Waals surface area (Å²) in [5.41, 5.74) is 3.90. The number of nitrogens with one attached hydrogen (secondary N) is 1. The van der Waals surface area contributed by atoms with Crippen LogP contribution in [0.3, 0.4) is 0 Å². The van der Waals surface area contributed by atoms with Gasteiger partial charge >= 0.3 is 0 Å². The van der Waals surface area contributed by atoms with Crippen LogP contribution in [0.4, 0.5) is 4.39 Å². The van der Waals surface area contributed by atoms with Gasteiger partial charge in [-0.3, -0.25) is 14.5 Å². The van der Waals surface area contributed by atoms with Crippen LogP contribution in [0.2, 0.25) is 0 Å². The molecule has 7 heteroatoms. The van der Waals surface area contributed by atoms with Crippen LogP contribution in [0.15, 0.2) is 47.3 Å². The van der Waals surface area contributed by atoms with Gasteiger partial charge in [0.25, 0.3) is 11.5 Å². The van der Waals surface area contributed by atoms with Crippen molar-refractivity contribution < 1.29 is 14.3 Å². The molecule has 0 bridgehead atoms. The lowest BCUT2D eigenvalue weighted by molar-refractivity contribution is 0.0623. The summed E-state index contributed by atoms with van der Waals surface area (Å²) in [6.45, 7) is 10.7. The number of amides is 1. The van der Waals surface area contributed by atoms with Crippen molar-refractivity contribution in [2.45, 2.75) is 59.4 Å². The van der Waals surface area contributed by atoms with Crippen LogP contribution in [-0.4, -0.2) is 52.0 Å². The number of piperazine rings is 1. The highest BCUT2D eigenvalue weighted by Crippen LogP contribution is 2.36. The van der Waals surface area contributed by atoms with Crippen LogP contribution in [0.25, 0.3) is 11.1 Å². The number of pyridine rings is 1. The standard InChI is InChI=1S/C31H38FN3O3/c1-5-6-13-26-27(23-10-7-9-22(18-23)20(2)3)29(36)28(30(37)33-26)31(38)35-16-14-34(15-17-35)19-24-11-8-12-25(32)21(24)4/h7-12,18,20H,5-6,13-17,19H2,1-4H3,(H2,33,36,37). The lowest BCUT2D eigenvalue weighted by Crippen LogP contribution is -2.49. The van der Waals surface area contributed by atoms with Crippen LogP contribution in [0.1, 0.15) is 72.3 Å². The summed E-state index contributed by atoms with van der Waals surface area (Å²) in [6.07, 6.45) is 2.40.